The zero-order valence-electron chi connectivity index (χ0n) is 66.6. The predicted octanol–water partition coefficient (Wildman–Crippen LogP) is 15.2. The fraction of sp³-hybridized carbons (Fsp3) is 0.413. The number of nitrogens with zero attached hydrogens (tertiary/aromatic N) is 4. The number of halogens is 2. The molecule has 2 fully saturated rings. The van der Waals surface area contributed by atoms with E-state index in [1.165, 1.54) is 55.1 Å². The van der Waals surface area contributed by atoms with Crippen molar-refractivity contribution >= 4 is 83.9 Å². The summed E-state index contributed by atoms with van der Waals surface area (Å²) >= 11 is 13.0. The molecular formula is C92H106Cl2N4O14Si2. The van der Waals surface area contributed by atoms with Crippen LogP contribution < -0.4 is 40.0 Å². The highest BCUT2D eigenvalue weighted by atomic mass is 35.5. The first-order chi connectivity index (χ1) is 54.5. The fourth-order valence-corrected chi connectivity index (χ4v) is 29.3. The van der Waals surface area contributed by atoms with Crippen molar-refractivity contribution in [1.29, 1.82) is 0 Å². The van der Waals surface area contributed by atoms with Crippen LogP contribution in [0.25, 0.3) is 0 Å². The summed E-state index contributed by atoms with van der Waals surface area (Å²) in [6.45, 7) is 23.7. The highest BCUT2D eigenvalue weighted by Crippen LogP contribution is 2.52. The van der Waals surface area contributed by atoms with Gasteiger partial charge in [-0.3, -0.25) is 20.2 Å². The van der Waals surface area contributed by atoms with E-state index < -0.39 is 62.7 Å². The van der Waals surface area contributed by atoms with Crippen molar-refractivity contribution < 1.29 is 57.4 Å². The first-order valence-electron chi connectivity index (χ1n) is 39.8. The van der Waals surface area contributed by atoms with Gasteiger partial charge in [0.15, 0.2) is 0 Å². The predicted molar refractivity (Wildman–Crippen MR) is 454 cm³/mol. The molecule has 0 aromatic heterocycles. The van der Waals surface area contributed by atoms with Gasteiger partial charge in [0, 0.05) is 68.0 Å². The number of fused-ring (bicyclic) bond motifs is 6. The second-order valence-electron chi connectivity index (χ2n) is 34.2. The number of benzene rings is 8. The molecule has 2 spiro atoms. The number of anilines is 2. The fourth-order valence-electron chi connectivity index (χ4n) is 19.5. The summed E-state index contributed by atoms with van der Waals surface area (Å²) in [7, 11) is -3.57. The molecule has 2 aliphatic heterocycles. The van der Waals surface area contributed by atoms with Crippen LogP contribution in [-0.4, -0.2) is 128 Å². The van der Waals surface area contributed by atoms with Gasteiger partial charge in [0.05, 0.1) is 51.0 Å². The lowest BCUT2D eigenvalue weighted by Gasteiger charge is -2.50. The molecule has 8 aromatic rings. The van der Waals surface area contributed by atoms with Crippen molar-refractivity contribution in [1.82, 2.24) is 0 Å². The van der Waals surface area contributed by atoms with Gasteiger partial charge >= 0.3 is 11.9 Å². The van der Waals surface area contributed by atoms with Gasteiger partial charge in [0.1, 0.15) is 11.5 Å². The standard InChI is InChI=1S/2C46H53ClN2O7Si/c2*1-6-41(56-57(44(2,3)4,36-15-9-7-10-16-36)37-17-11-8-12-18-37)38-22-19-33(38)28-48-29-45(25-13-14-32-26-35(47)21-23-39(32)45)31-55-42-24-20-34(27-40(42)48)46(51,30-49(52)53)43(50)54-5/h2*6-12,15-18,20-21,23-24,26-27,33,38,41,51H,1,13-14,19,22,25,28-31H2,2-5H3/t33-,38+,41-,45-,46+;33-,38+,41-,45-,46-/m00/s1. The average molecular weight is 1620 g/mol. The number of nitro groups is 2. The molecule has 0 amide bonds. The van der Waals surface area contributed by atoms with Gasteiger partial charge in [0.2, 0.25) is 13.1 Å². The molecule has 22 heteroatoms. The lowest BCUT2D eigenvalue weighted by Crippen LogP contribution is -2.68. The number of ether oxygens (including phenoxy) is 4. The van der Waals surface area contributed by atoms with Crippen LogP contribution in [0, 0.1) is 43.9 Å². The maximum Gasteiger partial charge on any atom is 0.349 e. The Morgan fingerprint density at radius 2 is 0.877 bits per heavy atom. The smallest absolute Gasteiger partial charge is 0.349 e. The van der Waals surface area contributed by atoms with Crippen molar-refractivity contribution in [2.24, 2.45) is 23.7 Å². The molecule has 14 rings (SSSR count). The Balaban J connectivity index is 0.000000199. The third-order valence-corrected chi connectivity index (χ3v) is 36.0. The van der Waals surface area contributed by atoms with E-state index in [-0.39, 0.29) is 67.9 Å². The van der Waals surface area contributed by atoms with Crippen LogP contribution in [0.15, 0.2) is 219 Å². The van der Waals surface area contributed by atoms with Gasteiger partial charge in [-0.1, -0.05) is 222 Å². The normalized spacial score (nSPS) is 22.1. The second kappa shape index (κ2) is 33.7. The minimum Gasteiger partial charge on any atom is -0.490 e. The zero-order valence-corrected chi connectivity index (χ0v) is 70.1. The second-order valence-corrected chi connectivity index (χ2v) is 43.6. The quantitative estimate of drug-likeness (QED) is 0.0189. The third kappa shape index (κ3) is 16.0. The topological polar surface area (TPSA) is 223 Å². The Morgan fingerprint density at radius 1 is 0.535 bits per heavy atom. The molecular weight excluding hydrogens is 1510 g/mol. The Hall–Kier alpha value is -8.97. The Kier molecular flexibility index (Phi) is 24.5. The van der Waals surface area contributed by atoms with E-state index in [9.17, 15) is 40.0 Å². The molecule has 600 valence electrons. The van der Waals surface area contributed by atoms with Crippen molar-refractivity contribution in [3.63, 3.8) is 0 Å². The van der Waals surface area contributed by atoms with E-state index in [0.717, 1.165) is 78.4 Å². The Morgan fingerprint density at radius 3 is 1.17 bits per heavy atom. The molecule has 6 aliphatic rings. The highest BCUT2D eigenvalue weighted by Gasteiger charge is 2.57. The van der Waals surface area contributed by atoms with Crippen LogP contribution in [0.1, 0.15) is 126 Å². The summed E-state index contributed by atoms with van der Waals surface area (Å²) in [5, 5.41) is 52.7. The number of aliphatic hydroxyl groups is 2. The van der Waals surface area contributed by atoms with Crippen molar-refractivity contribution in [2.75, 3.05) is 76.5 Å². The van der Waals surface area contributed by atoms with Crippen LogP contribution in [0.5, 0.6) is 11.5 Å². The zero-order chi connectivity index (χ0) is 81.2. The number of methoxy groups -OCH3 is 2. The summed E-state index contributed by atoms with van der Waals surface area (Å²) in [5.74, 6) is -0.292. The van der Waals surface area contributed by atoms with Crippen LogP contribution in [0.4, 0.5) is 11.4 Å². The molecule has 4 aliphatic carbocycles. The van der Waals surface area contributed by atoms with E-state index >= 15 is 0 Å². The summed E-state index contributed by atoms with van der Waals surface area (Å²) in [6, 6.07) is 64.7. The van der Waals surface area contributed by atoms with E-state index in [1.54, 1.807) is 24.3 Å². The molecule has 0 bridgehead atoms. The molecule has 10 atom stereocenters. The van der Waals surface area contributed by atoms with E-state index in [1.807, 2.05) is 48.6 Å². The maximum absolute atomic E-state index is 13.0. The first kappa shape index (κ1) is 83.0. The average Bonchev–Trinajstić information content (AvgIpc) is 0.970. The van der Waals surface area contributed by atoms with Gasteiger partial charge in [-0.25, -0.2) is 9.59 Å². The van der Waals surface area contributed by atoms with Crippen molar-refractivity contribution in [2.45, 2.75) is 150 Å². The van der Waals surface area contributed by atoms with Gasteiger partial charge < -0.3 is 47.8 Å². The summed E-state index contributed by atoms with van der Waals surface area (Å²) in [4.78, 5) is 52.9. The highest BCUT2D eigenvalue weighted by molar-refractivity contribution is 7.00. The number of hydrogen-bond acceptors (Lipinski definition) is 16. The number of aryl methyl sites for hydroxylation is 2. The Bertz CT molecular complexity index is 4440. The number of carbonyl (C=O) groups excluding carboxylic acids is 2. The van der Waals surface area contributed by atoms with Gasteiger partial charge in [-0.2, -0.15) is 0 Å². The summed E-state index contributed by atoms with van der Waals surface area (Å²) in [6.07, 6.45) is 13.0. The molecule has 2 saturated carbocycles. The minimum atomic E-state index is -2.90. The first-order valence-corrected chi connectivity index (χ1v) is 44.4. The number of esters is 2. The molecule has 18 nitrogen and oxygen atoms in total. The Labute approximate surface area is 682 Å². The van der Waals surface area contributed by atoms with E-state index in [4.69, 9.17) is 51.0 Å². The molecule has 2 N–H and O–H groups in total. The number of rotatable bonds is 24. The van der Waals surface area contributed by atoms with Crippen LogP contribution >= 0.6 is 23.2 Å². The molecule has 0 saturated heterocycles. The lowest BCUT2D eigenvalue weighted by molar-refractivity contribution is -0.499. The molecule has 0 radical (unpaired) electrons. The number of hydrogen-bond donors (Lipinski definition) is 2. The molecule has 2 heterocycles. The van der Waals surface area contributed by atoms with Gasteiger partial charge in [-0.05, 0) is 189 Å². The van der Waals surface area contributed by atoms with Crippen LogP contribution in [0.2, 0.25) is 20.1 Å². The number of carbonyl (C=O) groups is 2. The van der Waals surface area contributed by atoms with Gasteiger partial charge in [0.25, 0.3) is 27.8 Å². The maximum atomic E-state index is 13.0. The molecule has 8 aromatic carbocycles. The van der Waals surface area contributed by atoms with Gasteiger partial charge in [-0.15, -0.1) is 13.2 Å². The van der Waals surface area contributed by atoms with E-state index in [0.29, 0.717) is 72.3 Å². The SMILES string of the molecule is C=C[C@H](O[Si](c1ccccc1)(c1ccccc1)C(C)(C)C)[C@@H]1CC[C@H]1CN1C[C@@]2(CCCc3cc(Cl)ccc32)COc2ccc([C@@](O)(C[N+](=O)[O-])C(=O)OC)cc21.C=C[C@H](O[Si](c1ccccc1)(c1ccccc1)C(C)(C)C)[C@@H]1CC[C@H]1CN1C[C@@]2(CCCc3cc(Cl)ccc32)COc2ccc([C@](O)(C[N+](=O)[O-])C(=O)OC)cc21. The lowest BCUT2D eigenvalue weighted by atomic mass is 9.68. The van der Waals surface area contributed by atoms with E-state index in [2.05, 4.69) is 186 Å². The third-order valence-electron chi connectivity index (χ3n) is 25.4. The molecule has 114 heavy (non-hydrogen) atoms. The largest absolute Gasteiger partial charge is 0.490 e. The van der Waals surface area contributed by atoms with Crippen molar-refractivity contribution in [3.8, 4) is 11.5 Å². The monoisotopic (exact) mass is 1620 g/mol. The van der Waals surface area contributed by atoms with Crippen molar-refractivity contribution in [3.05, 3.63) is 283 Å². The molecule has 0 unspecified atom stereocenters. The van der Waals surface area contributed by atoms with Crippen LogP contribution in [-0.2, 0) is 62.8 Å². The minimum absolute atomic E-state index is 0.0781. The summed E-state index contributed by atoms with van der Waals surface area (Å²) < 4.78 is 38.5. The van der Waals surface area contributed by atoms with Crippen LogP contribution in [0.3, 0.4) is 0 Å². The summed E-state index contributed by atoms with van der Waals surface area (Å²) in [5.41, 5.74) is 0.599.